The van der Waals surface area contributed by atoms with Gasteiger partial charge in [-0.1, -0.05) is 25.5 Å². The summed E-state index contributed by atoms with van der Waals surface area (Å²) in [6.45, 7) is 4.08. The molecule has 0 bridgehead atoms. The first-order valence-corrected chi connectivity index (χ1v) is 8.41. The summed E-state index contributed by atoms with van der Waals surface area (Å²) in [4.78, 5) is 39.8. The normalized spacial score (nSPS) is 12.1. The third kappa shape index (κ3) is 4.65. The number of nitrogens with zero attached hydrogens (tertiary/aromatic N) is 2. The van der Waals surface area contributed by atoms with E-state index in [0.717, 1.165) is 18.4 Å². The number of aryl methyl sites for hydroxylation is 2. The minimum atomic E-state index is -0.988. The molecule has 134 valence electrons. The predicted octanol–water partition coefficient (Wildman–Crippen LogP) is 1.55. The molecule has 1 atom stereocenters. The van der Waals surface area contributed by atoms with Crippen molar-refractivity contribution in [2.45, 2.75) is 52.2 Å². The number of carbonyl (C=O) groups is 2. The molecule has 0 saturated carbocycles. The fraction of sp³-hybridized carbons (Fsp3) is 0.444. The van der Waals surface area contributed by atoms with Crippen molar-refractivity contribution in [1.29, 1.82) is 0 Å². The van der Waals surface area contributed by atoms with E-state index >= 15 is 0 Å². The molecule has 2 N–H and O–H groups in total. The van der Waals surface area contributed by atoms with Crippen molar-refractivity contribution in [3.8, 4) is 0 Å². The molecule has 25 heavy (non-hydrogen) atoms. The maximum atomic E-state index is 12.7. The number of benzene rings is 1. The molecule has 2 aromatic rings. The van der Waals surface area contributed by atoms with E-state index in [1.165, 1.54) is 6.92 Å². The van der Waals surface area contributed by atoms with Crippen LogP contribution in [-0.2, 0) is 27.3 Å². The van der Waals surface area contributed by atoms with Crippen molar-refractivity contribution in [2.24, 2.45) is 5.73 Å². The molecule has 1 aromatic heterocycles. The second-order valence-electron chi connectivity index (χ2n) is 5.89. The highest BCUT2D eigenvalue weighted by molar-refractivity contribution is 5.82. The minimum absolute atomic E-state index is 0.0357. The average molecular weight is 345 g/mol. The second kappa shape index (κ2) is 8.41. The Bertz CT molecular complexity index is 829. The first-order valence-electron chi connectivity index (χ1n) is 8.41. The van der Waals surface area contributed by atoms with Crippen LogP contribution in [0.15, 0.2) is 29.1 Å². The zero-order valence-electron chi connectivity index (χ0n) is 14.5. The van der Waals surface area contributed by atoms with E-state index in [9.17, 15) is 14.4 Å². The molecular formula is C18H23N3O4. The van der Waals surface area contributed by atoms with Crippen LogP contribution in [0.3, 0.4) is 0 Å². The summed E-state index contributed by atoms with van der Waals surface area (Å²) >= 11 is 0. The van der Waals surface area contributed by atoms with Gasteiger partial charge in [0.25, 0.3) is 11.5 Å². The van der Waals surface area contributed by atoms with E-state index in [0.29, 0.717) is 17.8 Å². The van der Waals surface area contributed by atoms with E-state index in [2.05, 4.69) is 11.9 Å². The summed E-state index contributed by atoms with van der Waals surface area (Å²) < 4.78 is 6.61. The summed E-state index contributed by atoms with van der Waals surface area (Å²) in [5.41, 5.74) is 6.69. The van der Waals surface area contributed by atoms with Crippen LogP contribution in [0, 0.1) is 0 Å². The molecule has 0 radical (unpaired) electrons. The van der Waals surface area contributed by atoms with Crippen LogP contribution in [0.25, 0.3) is 11.0 Å². The molecule has 0 fully saturated rings. The number of nitrogens with two attached hydrogens (primary N) is 1. The van der Waals surface area contributed by atoms with Crippen LogP contribution in [0.1, 0.15) is 38.8 Å². The number of hydrogen-bond acceptors (Lipinski definition) is 5. The van der Waals surface area contributed by atoms with Gasteiger partial charge in [-0.05, 0) is 25.5 Å². The van der Waals surface area contributed by atoms with Crippen molar-refractivity contribution in [3.63, 3.8) is 0 Å². The van der Waals surface area contributed by atoms with Gasteiger partial charge in [-0.2, -0.15) is 0 Å². The number of carbonyl (C=O) groups excluding carboxylic acids is 2. The number of esters is 1. The molecule has 0 saturated heterocycles. The monoisotopic (exact) mass is 345 g/mol. The smallest absolute Gasteiger partial charge is 0.306 e. The van der Waals surface area contributed by atoms with E-state index in [-0.39, 0.29) is 18.4 Å². The van der Waals surface area contributed by atoms with Crippen LogP contribution >= 0.6 is 0 Å². The number of fused-ring (bicyclic) bond motifs is 1. The Balaban J connectivity index is 2.23. The lowest BCUT2D eigenvalue weighted by Crippen LogP contribution is -2.31. The van der Waals surface area contributed by atoms with Crippen LogP contribution in [0.5, 0.6) is 0 Å². The van der Waals surface area contributed by atoms with Crippen molar-refractivity contribution in [3.05, 3.63) is 40.3 Å². The van der Waals surface area contributed by atoms with Crippen molar-refractivity contribution >= 4 is 22.9 Å². The average Bonchev–Trinajstić information content (AvgIpc) is 2.59. The number of primary amides is 1. The Labute approximate surface area is 145 Å². The van der Waals surface area contributed by atoms with Gasteiger partial charge in [-0.3, -0.25) is 14.4 Å². The van der Waals surface area contributed by atoms with E-state index in [4.69, 9.17) is 10.5 Å². The second-order valence-corrected chi connectivity index (χ2v) is 5.89. The molecule has 1 amide bonds. The molecule has 7 heteroatoms. The predicted molar refractivity (Wildman–Crippen MR) is 94.0 cm³/mol. The quantitative estimate of drug-likeness (QED) is 0.731. The highest BCUT2D eigenvalue weighted by Gasteiger charge is 2.16. The van der Waals surface area contributed by atoms with Crippen molar-refractivity contribution in [2.75, 3.05) is 0 Å². The summed E-state index contributed by atoms with van der Waals surface area (Å²) in [5, 5.41) is 0. The number of hydrogen-bond donors (Lipinski definition) is 1. The molecular weight excluding hydrogens is 322 g/mol. The SMILES string of the molecule is CCCCn1c(=O)c(CCC(=O)O[C@@H](C)C(N)=O)nc2ccccc21. The molecule has 0 aliphatic carbocycles. The Morgan fingerprint density at radius 3 is 2.72 bits per heavy atom. The van der Waals surface area contributed by atoms with E-state index < -0.39 is 18.0 Å². The van der Waals surface area contributed by atoms with Crippen molar-refractivity contribution < 1.29 is 14.3 Å². The molecule has 0 spiro atoms. The van der Waals surface area contributed by atoms with Crippen LogP contribution < -0.4 is 11.3 Å². The Hall–Kier alpha value is -2.70. The van der Waals surface area contributed by atoms with Crippen LogP contribution in [-0.4, -0.2) is 27.5 Å². The number of aromatic nitrogens is 2. The Morgan fingerprint density at radius 1 is 1.32 bits per heavy atom. The first-order chi connectivity index (χ1) is 11.9. The summed E-state index contributed by atoms with van der Waals surface area (Å²) in [7, 11) is 0. The third-order valence-electron chi connectivity index (χ3n) is 3.93. The van der Waals surface area contributed by atoms with E-state index in [1.807, 2.05) is 24.3 Å². The molecule has 0 aliphatic rings. The summed E-state index contributed by atoms with van der Waals surface area (Å²) in [5.74, 6) is -1.29. The zero-order chi connectivity index (χ0) is 18.4. The Kier molecular flexibility index (Phi) is 6.27. The highest BCUT2D eigenvalue weighted by atomic mass is 16.5. The van der Waals surface area contributed by atoms with Gasteiger partial charge in [-0.15, -0.1) is 0 Å². The maximum Gasteiger partial charge on any atom is 0.306 e. The van der Waals surface area contributed by atoms with Gasteiger partial charge in [-0.25, -0.2) is 4.98 Å². The fourth-order valence-corrected chi connectivity index (χ4v) is 2.48. The zero-order valence-corrected chi connectivity index (χ0v) is 14.5. The molecule has 0 aliphatic heterocycles. The van der Waals surface area contributed by atoms with Gasteiger partial charge in [0, 0.05) is 13.0 Å². The molecule has 1 aromatic carbocycles. The lowest BCUT2D eigenvalue weighted by atomic mass is 10.2. The van der Waals surface area contributed by atoms with Gasteiger partial charge < -0.3 is 15.0 Å². The standard InChI is InChI=1S/C18H23N3O4/c1-3-4-11-21-15-8-6-5-7-13(15)20-14(18(21)24)9-10-16(22)25-12(2)17(19)23/h5-8,12H,3-4,9-11H2,1-2H3,(H2,19,23)/t12-/m0/s1. The topological polar surface area (TPSA) is 104 Å². The van der Waals surface area contributed by atoms with E-state index in [1.54, 1.807) is 4.57 Å². The van der Waals surface area contributed by atoms with Gasteiger partial charge in [0.1, 0.15) is 5.69 Å². The lowest BCUT2D eigenvalue weighted by molar-refractivity contribution is -0.153. The molecule has 0 unspecified atom stereocenters. The third-order valence-corrected chi connectivity index (χ3v) is 3.93. The first kappa shape index (κ1) is 18.6. The number of unbranched alkanes of at least 4 members (excludes halogenated alkanes) is 1. The maximum absolute atomic E-state index is 12.7. The number of ether oxygens (including phenoxy) is 1. The number of amides is 1. The van der Waals surface area contributed by atoms with Crippen molar-refractivity contribution in [1.82, 2.24) is 9.55 Å². The minimum Gasteiger partial charge on any atom is -0.453 e. The van der Waals surface area contributed by atoms with Gasteiger partial charge >= 0.3 is 5.97 Å². The number of rotatable bonds is 8. The number of para-hydroxylation sites is 2. The van der Waals surface area contributed by atoms with Gasteiger partial charge in [0.15, 0.2) is 6.10 Å². The van der Waals surface area contributed by atoms with Gasteiger partial charge in [0.05, 0.1) is 17.5 Å². The Morgan fingerprint density at radius 2 is 2.04 bits per heavy atom. The lowest BCUT2D eigenvalue weighted by Gasteiger charge is -2.12. The molecule has 2 rings (SSSR count). The van der Waals surface area contributed by atoms with Crippen LogP contribution in [0.2, 0.25) is 0 Å². The molecule has 7 nitrogen and oxygen atoms in total. The fourth-order valence-electron chi connectivity index (χ4n) is 2.48. The largest absolute Gasteiger partial charge is 0.453 e. The van der Waals surface area contributed by atoms with Crippen LogP contribution in [0.4, 0.5) is 0 Å². The summed E-state index contributed by atoms with van der Waals surface area (Å²) in [6, 6.07) is 7.44. The summed E-state index contributed by atoms with van der Waals surface area (Å²) in [6.07, 6.45) is 0.978. The van der Waals surface area contributed by atoms with Gasteiger partial charge in [0.2, 0.25) is 0 Å². The highest BCUT2D eigenvalue weighted by Crippen LogP contribution is 2.12. The molecule has 1 heterocycles.